The lowest BCUT2D eigenvalue weighted by molar-refractivity contribution is 0.361. The molecule has 0 aliphatic heterocycles. The van der Waals surface area contributed by atoms with Gasteiger partial charge in [0.15, 0.2) is 0 Å². The van der Waals surface area contributed by atoms with Crippen molar-refractivity contribution in [3.05, 3.63) is 76.2 Å². The molecule has 0 radical (unpaired) electrons. The SMILES string of the molecule is CC(C)=CCC/C(C)=C/COc1ccc2c(c1)oc(=O)c1ccccc12. The molecule has 0 aliphatic rings. The second-order valence-electron chi connectivity index (χ2n) is 6.77. The topological polar surface area (TPSA) is 39.4 Å². The lowest BCUT2D eigenvalue weighted by Crippen LogP contribution is -2.00. The van der Waals surface area contributed by atoms with Gasteiger partial charge in [-0.3, -0.25) is 0 Å². The molecule has 3 rings (SSSR count). The van der Waals surface area contributed by atoms with Crippen molar-refractivity contribution >= 4 is 21.7 Å². The Labute approximate surface area is 153 Å². The van der Waals surface area contributed by atoms with E-state index in [1.165, 1.54) is 11.1 Å². The molecule has 3 nitrogen and oxygen atoms in total. The molecule has 0 aliphatic carbocycles. The number of fused-ring (bicyclic) bond motifs is 3. The Morgan fingerprint density at radius 2 is 1.77 bits per heavy atom. The summed E-state index contributed by atoms with van der Waals surface area (Å²) in [5, 5.41) is 2.42. The number of hydrogen-bond acceptors (Lipinski definition) is 3. The van der Waals surface area contributed by atoms with Crippen LogP contribution in [-0.4, -0.2) is 6.61 Å². The van der Waals surface area contributed by atoms with Crippen LogP contribution >= 0.6 is 0 Å². The second-order valence-corrected chi connectivity index (χ2v) is 6.77. The summed E-state index contributed by atoms with van der Waals surface area (Å²) in [7, 11) is 0. The van der Waals surface area contributed by atoms with E-state index in [2.05, 4.69) is 32.9 Å². The Hall–Kier alpha value is -2.81. The van der Waals surface area contributed by atoms with E-state index in [0.29, 0.717) is 23.3 Å². The number of benzene rings is 2. The number of ether oxygens (including phenoxy) is 1. The van der Waals surface area contributed by atoms with E-state index in [4.69, 9.17) is 9.15 Å². The first-order chi connectivity index (χ1) is 12.5. The normalized spacial score (nSPS) is 11.7. The van der Waals surface area contributed by atoms with Crippen LogP contribution in [0.4, 0.5) is 0 Å². The Kier molecular flexibility index (Phi) is 5.57. The average molecular weight is 348 g/mol. The first kappa shape index (κ1) is 18.0. The molecule has 134 valence electrons. The predicted molar refractivity (Wildman–Crippen MR) is 108 cm³/mol. The van der Waals surface area contributed by atoms with Crippen LogP contribution in [0.2, 0.25) is 0 Å². The molecule has 0 bridgehead atoms. The summed E-state index contributed by atoms with van der Waals surface area (Å²) in [5.74, 6) is 0.698. The van der Waals surface area contributed by atoms with Gasteiger partial charge in [0.1, 0.15) is 17.9 Å². The van der Waals surface area contributed by atoms with Crippen molar-refractivity contribution in [1.29, 1.82) is 0 Å². The van der Waals surface area contributed by atoms with E-state index in [0.717, 1.165) is 23.6 Å². The molecule has 0 unspecified atom stereocenters. The molecule has 26 heavy (non-hydrogen) atoms. The minimum absolute atomic E-state index is 0.319. The summed E-state index contributed by atoms with van der Waals surface area (Å²) in [4.78, 5) is 12.1. The Morgan fingerprint density at radius 1 is 1.00 bits per heavy atom. The first-order valence-corrected chi connectivity index (χ1v) is 8.92. The lowest BCUT2D eigenvalue weighted by Gasteiger charge is -2.07. The largest absolute Gasteiger partial charge is 0.489 e. The molecule has 0 amide bonds. The second kappa shape index (κ2) is 8.05. The van der Waals surface area contributed by atoms with Crippen LogP contribution in [0.25, 0.3) is 21.7 Å². The van der Waals surface area contributed by atoms with Crippen molar-refractivity contribution in [2.45, 2.75) is 33.6 Å². The average Bonchev–Trinajstić information content (AvgIpc) is 2.61. The van der Waals surface area contributed by atoms with Crippen LogP contribution < -0.4 is 10.4 Å². The van der Waals surface area contributed by atoms with Crippen LogP contribution in [-0.2, 0) is 0 Å². The van der Waals surface area contributed by atoms with Gasteiger partial charge >= 0.3 is 5.63 Å². The highest BCUT2D eigenvalue weighted by Crippen LogP contribution is 2.26. The third-order valence-corrected chi connectivity index (χ3v) is 4.37. The zero-order chi connectivity index (χ0) is 18.5. The Morgan fingerprint density at radius 3 is 2.54 bits per heavy atom. The Bertz CT molecular complexity index is 1030. The molecule has 0 N–H and O–H groups in total. The van der Waals surface area contributed by atoms with Crippen molar-refractivity contribution in [2.75, 3.05) is 6.61 Å². The maximum absolute atomic E-state index is 12.1. The molecular weight excluding hydrogens is 324 g/mol. The fourth-order valence-electron chi connectivity index (χ4n) is 2.92. The number of allylic oxidation sites excluding steroid dienone is 3. The van der Waals surface area contributed by atoms with E-state index in [1.54, 1.807) is 12.1 Å². The molecule has 1 heterocycles. The predicted octanol–water partition coefficient (Wildman–Crippen LogP) is 6.02. The van der Waals surface area contributed by atoms with E-state index >= 15 is 0 Å². The zero-order valence-electron chi connectivity index (χ0n) is 15.5. The van der Waals surface area contributed by atoms with Gasteiger partial charge in [-0.2, -0.15) is 0 Å². The summed E-state index contributed by atoms with van der Waals surface area (Å²) in [6, 6.07) is 13.1. The van der Waals surface area contributed by atoms with Gasteiger partial charge in [0.05, 0.1) is 5.39 Å². The fourth-order valence-corrected chi connectivity index (χ4v) is 2.92. The van der Waals surface area contributed by atoms with Crippen molar-refractivity contribution < 1.29 is 9.15 Å². The molecule has 0 saturated carbocycles. The maximum Gasteiger partial charge on any atom is 0.344 e. The van der Waals surface area contributed by atoms with Crippen LogP contribution in [0.3, 0.4) is 0 Å². The van der Waals surface area contributed by atoms with Gasteiger partial charge in [0.2, 0.25) is 0 Å². The summed E-state index contributed by atoms with van der Waals surface area (Å²) < 4.78 is 11.3. The zero-order valence-corrected chi connectivity index (χ0v) is 15.5. The van der Waals surface area contributed by atoms with Gasteiger partial charge in [-0.25, -0.2) is 4.79 Å². The maximum atomic E-state index is 12.1. The molecule has 2 aromatic carbocycles. The third kappa shape index (κ3) is 4.23. The van der Waals surface area contributed by atoms with E-state index in [9.17, 15) is 4.79 Å². The molecule has 3 aromatic rings. The molecule has 0 atom stereocenters. The minimum atomic E-state index is -0.319. The van der Waals surface area contributed by atoms with Gasteiger partial charge in [-0.05, 0) is 63.3 Å². The summed E-state index contributed by atoms with van der Waals surface area (Å²) in [6.07, 6.45) is 6.43. The van der Waals surface area contributed by atoms with Gasteiger partial charge in [0, 0.05) is 11.5 Å². The number of hydrogen-bond donors (Lipinski definition) is 0. The summed E-state index contributed by atoms with van der Waals surface area (Å²) in [6.45, 7) is 6.85. The highest BCUT2D eigenvalue weighted by molar-refractivity contribution is 6.04. The first-order valence-electron chi connectivity index (χ1n) is 8.92. The van der Waals surface area contributed by atoms with Crippen molar-refractivity contribution in [3.8, 4) is 5.75 Å². The minimum Gasteiger partial charge on any atom is -0.489 e. The molecular formula is C23H24O3. The summed E-state index contributed by atoms with van der Waals surface area (Å²) in [5.41, 5.74) is 2.88. The van der Waals surface area contributed by atoms with Crippen molar-refractivity contribution in [3.63, 3.8) is 0 Å². The van der Waals surface area contributed by atoms with Crippen LogP contribution in [0.5, 0.6) is 5.75 Å². The summed E-state index contributed by atoms with van der Waals surface area (Å²) >= 11 is 0. The number of rotatable bonds is 6. The molecule has 0 fully saturated rings. The molecule has 0 spiro atoms. The highest BCUT2D eigenvalue weighted by atomic mass is 16.5. The molecule has 1 aromatic heterocycles. The van der Waals surface area contributed by atoms with Gasteiger partial charge in [-0.15, -0.1) is 0 Å². The van der Waals surface area contributed by atoms with Crippen molar-refractivity contribution in [1.82, 2.24) is 0 Å². The van der Waals surface area contributed by atoms with Gasteiger partial charge in [0.25, 0.3) is 0 Å². The van der Waals surface area contributed by atoms with E-state index in [1.807, 2.05) is 30.3 Å². The van der Waals surface area contributed by atoms with Gasteiger partial charge < -0.3 is 9.15 Å². The van der Waals surface area contributed by atoms with Crippen LogP contribution in [0.1, 0.15) is 33.6 Å². The third-order valence-electron chi connectivity index (χ3n) is 4.37. The molecule has 3 heteroatoms. The molecule has 0 saturated heterocycles. The lowest BCUT2D eigenvalue weighted by atomic mass is 10.1. The highest BCUT2D eigenvalue weighted by Gasteiger charge is 2.07. The fraction of sp³-hybridized carbons (Fsp3) is 0.261. The Balaban J connectivity index is 1.75. The van der Waals surface area contributed by atoms with E-state index in [-0.39, 0.29) is 5.63 Å². The van der Waals surface area contributed by atoms with Gasteiger partial charge in [-0.1, -0.05) is 35.4 Å². The smallest absolute Gasteiger partial charge is 0.344 e. The monoisotopic (exact) mass is 348 g/mol. The quantitative estimate of drug-likeness (QED) is 0.311. The van der Waals surface area contributed by atoms with Crippen LogP contribution in [0.15, 0.2) is 75.0 Å². The van der Waals surface area contributed by atoms with Crippen LogP contribution in [0, 0.1) is 0 Å². The van der Waals surface area contributed by atoms with Crippen molar-refractivity contribution in [2.24, 2.45) is 0 Å². The standard InChI is InChI=1S/C23H24O3/c1-16(2)7-6-8-17(3)13-14-25-18-11-12-20-19-9-4-5-10-21(19)23(24)26-22(20)15-18/h4-5,7,9-13,15H,6,8,14H2,1-3H3/b17-13+. The van der Waals surface area contributed by atoms with E-state index < -0.39 is 0 Å².